The Morgan fingerprint density at radius 2 is 2.00 bits per heavy atom. The number of aliphatic carboxylic acids is 1. The lowest BCUT2D eigenvalue weighted by molar-refractivity contribution is -0.143. The number of carbonyl (C=O) groups is 2. The first-order valence-corrected chi connectivity index (χ1v) is 3.42. The van der Waals surface area contributed by atoms with Gasteiger partial charge in [-0.05, 0) is 6.32 Å². The van der Waals surface area contributed by atoms with E-state index in [1.54, 1.807) is 0 Å². The van der Waals surface area contributed by atoms with Gasteiger partial charge in [0.05, 0.1) is 14.5 Å². The Bertz CT molecular complexity index is 173. The molecule has 0 saturated carbocycles. The van der Waals surface area contributed by atoms with E-state index in [2.05, 4.69) is 0 Å². The number of carbonyl (C=O) groups excluding carboxylic acids is 1. The number of amides is 1. The molecule has 0 aliphatic rings. The first kappa shape index (κ1) is 11.0. The number of hydrogen-bond donors (Lipinski definition) is 2. The lowest BCUT2D eigenvalue weighted by atomic mass is 10.0. The Balaban J connectivity index is 4.02. The van der Waals surface area contributed by atoms with Crippen LogP contribution >= 0.6 is 0 Å². The van der Waals surface area contributed by atoms with E-state index in [0.29, 0.717) is 0 Å². The standard InChI is InChI=1S/C6H10BNO4/c7-3-5(10)8(1-2-9)4-6(11)12/h9H,1-4H2,(H,11,12). The molecule has 0 atom stereocenters. The molecule has 0 aromatic carbocycles. The van der Waals surface area contributed by atoms with Crippen molar-refractivity contribution in [2.24, 2.45) is 0 Å². The van der Waals surface area contributed by atoms with Crippen LogP contribution in [0.1, 0.15) is 0 Å². The third kappa shape index (κ3) is 3.97. The van der Waals surface area contributed by atoms with Crippen molar-refractivity contribution < 1.29 is 19.8 Å². The van der Waals surface area contributed by atoms with Crippen molar-refractivity contribution in [3.63, 3.8) is 0 Å². The maximum Gasteiger partial charge on any atom is 0.323 e. The van der Waals surface area contributed by atoms with Crippen LogP contribution in [0.15, 0.2) is 0 Å². The smallest absolute Gasteiger partial charge is 0.323 e. The number of nitrogens with zero attached hydrogens (tertiary/aromatic N) is 1. The minimum absolute atomic E-state index is 0.00231. The van der Waals surface area contributed by atoms with E-state index in [-0.39, 0.29) is 19.5 Å². The molecule has 2 radical (unpaired) electrons. The van der Waals surface area contributed by atoms with Crippen LogP contribution in [-0.4, -0.2) is 54.5 Å². The predicted octanol–water partition coefficient (Wildman–Crippen LogP) is -1.52. The van der Waals surface area contributed by atoms with Crippen LogP contribution in [-0.2, 0) is 9.59 Å². The Morgan fingerprint density at radius 3 is 2.33 bits per heavy atom. The maximum absolute atomic E-state index is 10.9. The summed E-state index contributed by atoms with van der Waals surface area (Å²) in [5.41, 5.74) is 0. The fourth-order valence-corrected chi connectivity index (χ4v) is 0.705. The van der Waals surface area contributed by atoms with E-state index in [0.717, 1.165) is 4.90 Å². The third-order valence-electron chi connectivity index (χ3n) is 1.22. The molecule has 0 fully saturated rings. The molecule has 0 unspecified atom stereocenters. The first-order chi connectivity index (χ1) is 5.61. The lowest BCUT2D eigenvalue weighted by Gasteiger charge is -2.18. The Hall–Kier alpha value is -1.04. The summed E-state index contributed by atoms with van der Waals surface area (Å²) < 4.78 is 0. The van der Waals surface area contributed by atoms with Gasteiger partial charge in [-0.2, -0.15) is 0 Å². The van der Waals surface area contributed by atoms with Crippen molar-refractivity contribution >= 4 is 19.7 Å². The molecule has 0 heterocycles. The van der Waals surface area contributed by atoms with Gasteiger partial charge in [-0.3, -0.25) is 9.59 Å². The molecule has 0 aliphatic carbocycles. The van der Waals surface area contributed by atoms with Gasteiger partial charge < -0.3 is 15.1 Å². The number of carboxylic acid groups (broad SMARTS) is 1. The maximum atomic E-state index is 10.9. The van der Waals surface area contributed by atoms with Crippen molar-refractivity contribution in [1.82, 2.24) is 4.90 Å². The summed E-state index contributed by atoms with van der Waals surface area (Å²) in [6, 6.07) is 0. The Labute approximate surface area is 71.4 Å². The molecule has 0 saturated heterocycles. The lowest BCUT2D eigenvalue weighted by Crippen LogP contribution is -2.37. The molecule has 0 spiro atoms. The largest absolute Gasteiger partial charge is 0.480 e. The molecule has 5 nitrogen and oxygen atoms in total. The highest BCUT2D eigenvalue weighted by Gasteiger charge is 2.13. The molecular formula is C6H10BNO4. The fourth-order valence-electron chi connectivity index (χ4n) is 0.705. The van der Waals surface area contributed by atoms with Crippen LogP contribution in [0.4, 0.5) is 0 Å². The summed E-state index contributed by atoms with van der Waals surface area (Å²) >= 11 is 0. The predicted molar refractivity (Wildman–Crippen MR) is 41.9 cm³/mol. The highest BCUT2D eigenvalue weighted by Crippen LogP contribution is 1.91. The van der Waals surface area contributed by atoms with Gasteiger partial charge in [0, 0.05) is 6.54 Å². The topological polar surface area (TPSA) is 77.8 Å². The molecule has 2 N–H and O–H groups in total. The third-order valence-corrected chi connectivity index (χ3v) is 1.22. The number of aliphatic hydroxyl groups excluding tert-OH is 1. The van der Waals surface area contributed by atoms with Crippen LogP contribution in [0, 0.1) is 0 Å². The summed E-state index contributed by atoms with van der Waals surface area (Å²) in [5.74, 6) is -1.60. The second kappa shape index (κ2) is 5.59. The van der Waals surface area contributed by atoms with Gasteiger partial charge in [0.25, 0.3) is 0 Å². The van der Waals surface area contributed by atoms with Gasteiger partial charge >= 0.3 is 5.97 Å². The summed E-state index contributed by atoms with van der Waals surface area (Å²) in [4.78, 5) is 22.0. The van der Waals surface area contributed by atoms with Crippen LogP contribution in [0.25, 0.3) is 0 Å². The van der Waals surface area contributed by atoms with Gasteiger partial charge in [0.2, 0.25) is 5.91 Å². The van der Waals surface area contributed by atoms with Crippen LogP contribution in [0.3, 0.4) is 0 Å². The van der Waals surface area contributed by atoms with Crippen molar-refractivity contribution in [3.8, 4) is 0 Å². The second-order valence-electron chi connectivity index (χ2n) is 2.14. The van der Waals surface area contributed by atoms with E-state index in [1.165, 1.54) is 0 Å². The minimum Gasteiger partial charge on any atom is -0.480 e. The van der Waals surface area contributed by atoms with Gasteiger partial charge in [0.15, 0.2) is 0 Å². The Morgan fingerprint density at radius 1 is 1.42 bits per heavy atom. The minimum atomic E-state index is -1.12. The molecule has 0 bridgehead atoms. The number of rotatable bonds is 5. The van der Waals surface area contributed by atoms with Crippen LogP contribution < -0.4 is 0 Å². The van der Waals surface area contributed by atoms with Gasteiger partial charge in [0.1, 0.15) is 6.54 Å². The Kier molecular flexibility index (Phi) is 5.11. The summed E-state index contributed by atoms with van der Waals surface area (Å²) in [7, 11) is 5.01. The van der Waals surface area contributed by atoms with E-state index in [1.807, 2.05) is 0 Å². The first-order valence-electron chi connectivity index (χ1n) is 3.42. The van der Waals surface area contributed by atoms with Crippen molar-refractivity contribution in [2.75, 3.05) is 19.7 Å². The SMILES string of the molecule is [B]CC(=O)N(CCO)CC(=O)O. The molecule has 12 heavy (non-hydrogen) atoms. The zero-order chi connectivity index (χ0) is 9.56. The van der Waals surface area contributed by atoms with Gasteiger partial charge in [-0.1, -0.05) is 0 Å². The fraction of sp³-hybridized carbons (Fsp3) is 0.667. The van der Waals surface area contributed by atoms with E-state index in [9.17, 15) is 9.59 Å². The van der Waals surface area contributed by atoms with Crippen molar-refractivity contribution in [3.05, 3.63) is 0 Å². The van der Waals surface area contributed by atoms with Gasteiger partial charge in [-0.15, -0.1) is 0 Å². The second-order valence-corrected chi connectivity index (χ2v) is 2.14. The number of carboxylic acids is 1. The molecular weight excluding hydrogens is 161 g/mol. The highest BCUT2D eigenvalue weighted by molar-refractivity contribution is 6.19. The molecule has 0 aromatic heterocycles. The molecule has 0 aromatic rings. The van der Waals surface area contributed by atoms with E-state index < -0.39 is 18.4 Å². The summed E-state index contributed by atoms with van der Waals surface area (Å²) in [6.45, 7) is -0.683. The number of hydrogen-bond acceptors (Lipinski definition) is 3. The van der Waals surface area contributed by atoms with E-state index in [4.69, 9.17) is 18.1 Å². The monoisotopic (exact) mass is 171 g/mol. The van der Waals surface area contributed by atoms with Crippen molar-refractivity contribution in [2.45, 2.75) is 6.32 Å². The molecule has 1 amide bonds. The van der Waals surface area contributed by atoms with Gasteiger partial charge in [-0.25, -0.2) is 0 Å². The van der Waals surface area contributed by atoms with Crippen LogP contribution in [0.5, 0.6) is 0 Å². The average molecular weight is 171 g/mol. The number of aliphatic hydroxyl groups is 1. The molecule has 6 heteroatoms. The highest BCUT2D eigenvalue weighted by atomic mass is 16.4. The molecule has 0 aliphatic heterocycles. The normalized spacial score (nSPS) is 9.42. The molecule has 0 rings (SSSR count). The van der Waals surface area contributed by atoms with Crippen LogP contribution in [0.2, 0.25) is 6.32 Å². The zero-order valence-corrected chi connectivity index (χ0v) is 6.56. The van der Waals surface area contributed by atoms with Crippen molar-refractivity contribution in [1.29, 1.82) is 0 Å². The summed E-state index contributed by atoms with van der Waals surface area (Å²) in [5, 5.41) is 16.8. The quantitative estimate of drug-likeness (QED) is 0.492. The average Bonchev–Trinajstić information content (AvgIpc) is 2.01. The summed E-state index contributed by atoms with van der Waals surface area (Å²) in [6.07, 6.45) is -0.243. The van der Waals surface area contributed by atoms with E-state index >= 15 is 0 Å². The zero-order valence-electron chi connectivity index (χ0n) is 6.56. The molecule has 66 valence electrons.